The smallest absolute Gasteiger partial charge is 0.310 e. The molecule has 0 bridgehead atoms. The van der Waals surface area contributed by atoms with Crippen LogP contribution < -0.4 is 0 Å². The van der Waals surface area contributed by atoms with E-state index in [9.17, 15) is 4.79 Å². The van der Waals surface area contributed by atoms with E-state index < -0.39 is 8.32 Å². The molecule has 1 heterocycles. The highest BCUT2D eigenvalue weighted by Crippen LogP contribution is 2.39. The van der Waals surface area contributed by atoms with Gasteiger partial charge in [-0.3, -0.25) is 4.79 Å². The van der Waals surface area contributed by atoms with Gasteiger partial charge in [0.25, 0.3) is 0 Å². The molecule has 1 rings (SSSR count). The minimum Gasteiger partial charge on any atom is -0.459 e. The first-order valence-electron chi connectivity index (χ1n) is 7.48. The molecule has 1 fully saturated rings. The predicted molar refractivity (Wildman–Crippen MR) is 85.0 cm³/mol. The number of ether oxygens (including phenoxy) is 1. The van der Waals surface area contributed by atoms with Crippen molar-refractivity contribution < 1.29 is 14.0 Å². The van der Waals surface area contributed by atoms with Crippen molar-refractivity contribution in [2.75, 3.05) is 6.61 Å². The van der Waals surface area contributed by atoms with E-state index in [-0.39, 0.29) is 34.9 Å². The zero-order valence-corrected chi connectivity index (χ0v) is 15.0. The molecule has 0 radical (unpaired) electrons. The summed E-state index contributed by atoms with van der Waals surface area (Å²) in [5, 5.41) is 0.163. The summed E-state index contributed by atoms with van der Waals surface area (Å²) in [6, 6.07) is 0. The van der Waals surface area contributed by atoms with Crippen molar-refractivity contribution in [2.24, 2.45) is 17.8 Å². The Kier molecular flexibility index (Phi) is 5.25. The molecule has 0 N–H and O–H groups in total. The number of carbonyl (C=O) groups excluding carboxylic acids is 1. The lowest BCUT2D eigenvalue weighted by atomic mass is 9.83. The van der Waals surface area contributed by atoms with Crippen LogP contribution in [0.3, 0.4) is 0 Å². The van der Waals surface area contributed by atoms with Crippen LogP contribution in [0.25, 0.3) is 0 Å². The van der Waals surface area contributed by atoms with Crippen molar-refractivity contribution in [1.82, 2.24) is 0 Å². The van der Waals surface area contributed by atoms with E-state index in [0.29, 0.717) is 6.61 Å². The average Bonchev–Trinajstić information content (AvgIpc) is 2.61. The van der Waals surface area contributed by atoms with Crippen LogP contribution in [-0.2, 0) is 14.0 Å². The van der Waals surface area contributed by atoms with E-state index in [0.717, 1.165) is 0 Å². The van der Waals surface area contributed by atoms with Crippen LogP contribution >= 0.6 is 0 Å². The first-order chi connectivity index (χ1) is 9.01. The Bertz CT molecular complexity index is 368. The lowest BCUT2D eigenvalue weighted by Crippen LogP contribution is -2.43. The molecular weight excluding hydrogens is 268 g/mol. The zero-order valence-electron chi connectivity index (χ0n) is 14.0. The van der Waals surface area contributed by atoms with Gasteiger partial charge in [0.15, 0.2) is 8.32 Å². The molecule has 3 nitrogen and oxygen atoms in total. The zero-order chi connectivity index (χ0) is 15.7. The maximum absolute atomic E-state index is 12.0. The topological polar surface area (TPSA) is 35.5 Å². The van der Waals surface area contributed by atoms with Crippen molar-refractivity contribution in [2.45, 2.75) is 58.9 Å². The van der Waals surface area contributed by atoms with Gasteiger partial charge >= 0.3 is 5.97 Å². The predicted octanol–water partition coefficient (Wildman–Crippen LogP) is 4.01. The molecule has 0 unspecified atom stereocenters. The first-order valence-corrected chi connectivity index (χ1v) is 10.4. The molecule has 0 amide bonds. The van der Waals surface area contributed by atoms with E-state index >= 15 is 0 Å². The second-order valence-corrected chi connectivity index (χ2v) is 12.4. The number of hydrogen-bond donors (Lipinski definition) is 0. The molecule has 1 saturated heterocycles. The summed E-state index contributed by atoms with van der Waals surface area (Å²) in [5.41, 5.74) is 0. The summed E-state index contributed by atoms with van der Waals surface area (Å²) in [4.78, 5) is 12.0. The van der Waals surface area contributed by atoms with E-state index in [1.54, 1.807) is 0 Å². The molecule has 20 heavy (non-hydrogen) atoms. The largest absolute Gasteiger partial charge is 0.459 e. The summed E-state index contributed by atoms with van der Waals surface area (Å²) in [7, 11) is -1.81. The van der Waals surface area contributed by atoms with Crippen molar-refractivity contribution in [3.63, 3.8) is 0 Å². The van der Waals surface area contributed by atoms with Crippen LogP contribution in [0, 0.1) is 17.8 Å². The second kappa shape index (κ2) is 6.02. The average molecular weight is 298 g/mol. The Morgan fingerprint density at radius 2 is 1.95 bits per heavy atom. The highest BCUT2D eigenvalue weighted by Gasteiger charge is 2.46. The van der Waals surface area contributed by atoms with E-state index in [4.69, 9.17) is 9.16 Å². The van der Waals surface area contributed by atoms with Gasteiger partial charge in [-0.1, -0.05) is 40.7 Å². The van der Waals surface area contributed by atoms with Gasteiger partial charge in [-0.25, -0.2) is 0 Å². The van der Waals surface area contributed by atoms with E-state index in [2.05, 4.69) is 54.3 Å². The normalized spacial score (nSPS) is 27.8. The minimum absolute atomic E-state index is 0.0623. The molecule has 0 spiro atoms. The Hall–Kier alpha value is -0.613. The number of esters is 1. The molecule has 0 aromatic rings. The van der Waals surface area contributed by atoms with Crippen LogP contribution in [0.4, 0.5) is 0 Å². The fraction of sp³-hybridized carbons (Fsp3) is 0.812. The standard InChI is InChI=1S/C16H30O3Si/c1-9-12-13(19-15(17)14(12)11(2)3)10-18-20(7,8)16(4,5)6/h9,11-14H,1,10H2,2-8H3/t12-,13+,14-/m0/s1. The first kappa shape index (κ1) is 17.4. The maximum atomic E-state index is 12.0. The molecule has 3 atom stereocenters. The summed E-state index contributed by atoms with van der Waals surface area (Å²) in [6.07, 6.45) is 1.68. The molecule has 0 aromatic carbocycles. The van der Waals surface area contributed by atoms with E-state index in [1.165, 1.54) is 0 Å². The van der Waals surface area contributed by atoms with Crippen LogP contribution in [0.5, 0.6) is 0 Å². The maximum Gasteiger partial charge on any atom is 0.310 e. The molecular formula is C16H30O3Si. The van der Waals surface area contributed by atoms with Gasteiger partial charge in [-0.15, -0.1) is 6.58 Å². The number of cyclic esters (lactones) is 1. The molecule has 0 saturated carbocycles. The van der Waals surface area contributed by atoms with Gasteiger partial charge in [-0.05, 0) is 24.1 Å². The van der Waals surface area contributed by atoms with Crippen LogP contribution in [0.1, 0.15) is 34.6 Å². The SMILES string of the molecule is C=C[C@H]1[C@@H](CO[Si](C)(C)C(C)(C)C)OC(=O)[C@H]1C(C)C. The Labute approximate surface area is 124 Å². The minimum atomic E-state index is -1.81. The second-order valence-electron chi connectivity index (χ2n) is 7.63. The number of carbonyl (C=O) groups is 1. The van der Waals surface area contributed by atoms with Crippen LogP contribution in [0.2, 0.25) is 18.1 Å². The molecule has 1 aliphatic rings. The lowest BCUT2D eigenvalue weighted by molar-refractivity contribution is -0.146. The molecule has 4 heteroatoms. The summed E-state index contributed by atoms with van der Waals surface area (Å²) < 4.78 is 11.7. The van der Waals surface area contributed by atoms with Gasteiger partial charge in [0.05, 0.1) is 12.5 Å². The lowest BCUT2D eigenvalue weighted by Gasteiger charge is -2.37. The highest BCUT2D eigenvalue weighted by atomic mass is 28.4. The fourth-order valence-corrected chi connectivity index (χ4v) is 3.38. The van der Waals surface area contributed by atoms with Gasteiger partial charge in [-0.2, -0.15) is 0 Å². The van der Waals surface area contributed by atoms with Crippen LogP contribution in [-0.4, -0.2) is 27.0 Å². The number of rotatable bonds is 5. The number of hydrogen-bond acceptors (Lipinski definition) is 3. The summed E-state index contributed by atoms with van der Waals surface area (Å²) in [6.45, 7) is 19.5. The Balaban J connectivity index is 2.74. The van der Waals surface area contributed by atoms with Crippen molar-refractivity contribution in [3.8, 4) is 0 Å². The van der Waals surface area contributed by atoms with Crippen molar-refractivity contribution >= 4 is 14.3 Å². The highest BCUT2D eigenvalue weighted by molar-refractivity contribution is 6.74. The summed E-state index contributed by atoms with van der Waals surface area (Å²) in [5.74, 6) is 0.143. The van der Waals surface area contributed by atoms with E-state index in [1.807, 2.05) is 6.08 Å². The molecule has 1 aliphatic heterocycles. The monoisotopic (exact) mass is 298 g/mol. The molecule has 0 aromatic heterocycles. The third-order valence-corrected chi connectivity index (χ3v) is 9.29. The Morgan fingerprint density at radius 1 is 1.40 bits per heavy atom. The molecule has 0 aliphatic carbocycles. The van der Waals surface area contributed by atoms with Crippen LogP contribution in [0.15, 0.2) is 12.7 Å². The third kappa shape index (κ3) is 3.53. The van der Waals surface area contributed by atoms with Crippen molar-refractivity contribution in [3.05, 3.63) is 12.7 Å². The van der Waals surface area contributed by atoms with Gasteiger partial charge in [0.1, 0.15) is 6.10 Å². The quantitative estimate of drug-likeness (QED) is 0.437. The fourth-order valence-electron chi connectivity index (χ4n) is 2.36. The van der Waals surface area contributed by atoms with Gasteiger partial charge < -0.3 is 9.16 Å². The Morgan fingerprint density at radius 3 is 2.35 bits per heavy atom. The molecule has 116 valence electrons. The van der Waals surface area contributed by atoms with Gasteiger partial charge in [0, 0.05) is 5.92 Å². The summed E-state index contributed by atoms with van der Waals surface area (Å²) >= 11 is 0. The van der Waals surface area contributed by atoms with Gasteiger partial charge in [0.2, 0.25) is 0 Å². The van der Waals surface area contributed by atoms with Crippen molar-refractivity contribution in [1.29, 1.82) is 0 Å². The third-order valence-electron chi connectivity index (χ3n) is 4.79.